The van der Waals surface area contributed by atoms with Crippen LogP contribution in [0.5, 0.6) is 0 Å². The summed E-state index contributed by atoms with van der Waals surface area (Å²) >= 11 is 0. The molecular weight excluding hydrogens is 274 g/mol. The van der Waals surface area contributed by atoms with Crippen LogP contribution in [0.1, 0.15) is 19.3 Å². The molecule has 1 aromatic rings. The summed E-state index contributed by atoms with van der Waals surface area (Å²) in [6.45, 7) is 4.16. The maximum Gasteiger partial charge on any atom is 0.175 e. The van der Waals surface area contributed by atoms with Gasteiger partial charge in [0, 0.05) is 19.3 Å². The Labute approximate surface area is 121 Å². The molecule has 2 rings (SSSR count). The molecule has 0 amide bonds. The van der Waals surface area contributed by atoms with Crippen LogP contribution in [0.4, 0.5) is 11.4 Å². The van der Waals surface area contributed by atoms with Gasteiger partial charge in [-0.25, -0.2) is 8.42 Å². The topological polar surface area (TPSA) is 75.4 Å². The van der Waals surface area contributed by atoms with Gasteiger partial charge in [0.25, 0.3) is 0 Å². The van der Waals surface area contributed by atoms with Gasteiger partial charge >= 0.3 is 0 Å². The zero-order chi connectivity index (χ0) is 14.6. The third-order valence-electron chi connectivity index (χ3n) is 3.64. The molecule has 3 N–H and O–H groups in total. The predicted molar refractivity (Wildman–Crippen MR) is 82.7 cm³/mol. The van der Waals surface area contributed by atoms with Crippen molar-refractivity contribution in [2.45, 2.75) is 24.2 Å². The van der Waals surface area contributed by atoms with Gasteiger partial charge in [0.05, 0.1) is 16.3 Å². The number of likely N-dealkylation sites (tertiary alicyclic amines) is 1. The highest BCUT2D eigenvalue weighted by molar-refractivity contribution is 7.90. The Balaban J connectivity index is 1.90. The number of piperidine rings is 1. The van der Waals surface area contributed by atoms with Gasteiger partial charge in [0.1, 0.15) is 0 Å². The molecule has 0 aliphatic carbocycles. The third kappa shape index (κ3) is 4.11. The minimum atomic E-state index is -3.20. The predicted octanol–water partition coefficient (Wildman–Crippen LogP) is 1.57. The smallest absolute Gasteiger partial charge is 0.175 e. The average molecular weight is 297 g/mol. The fraction of sp³-hybridized carbons (Fsp3) is 0.571. The highest BCUT2D eigenvalue weighted by Crippen LogP contribution is 2.22. The number of anilines is 2. The molecule has 112 valence electrons. The first kappa shape index (κ1) is 15.1. The third-order valence-corrected chi connectivity index (χ3v) is 4.75. The number of benzene rings is 1. The second-order valence-electron chi connectivity index (χ2n) is 5.35. The van der Waals surface area contributed by atoms with E-state index in [0.29, 0.717) is 5.69 Å². The van der Waals surface area contributed by atoms with Crippen molar-refractivity contribution in [2.24, 2.45) is 0 Å². The fourth-order valence-electron chi connectivity index (χ4n) is 2.46. The summed E-state index contributed by atoms with van der Waals surface area (Å²) in [4.78, 5) is 2.70. The van der Waals surface area contributed by atoms with E-state index in [1.807, 2.05) is 0 Å². The SMILES string of the molecule is CS(=O)(=O)c1ccc(NCCN2CCCCC2)c(N)c1. The zero-order valence-corrected chi connectivity index (χ0v) is 12.7. The fourth-order valence-corrected chi connectivity index (χ4v) is 3.12. The van der Waals surface area contributed by atoms with E-state index in [-0.39, 0.29) is 4.90 Å². The molecule has 0 bridgehead atoms. The van der Waals surface area contributed by atoms with Crippen LogP contribution >= 0.6 is 0 Å². The highest BCUT2D eigenvalue weighted by atomic mass is 32.2. The number of sulfone groups is 1. The van der Waals surface area contributed by atoms with E-state index in [9.17, 15) is 8.42 Å². The van der Waals surface area contributed by atoms with Crippen LogP contribution < -0.4 is 11.1 Å². The quantitative estimate of drug-likeness (QED) is 0.807. The van der Waals surface area contributed by atoms with Gasteiger partial charge in [-0.15, -0.1) is 0 Å². The zero-order valence-electron chi connectivity index (χ0n) is 11.9. The lowest BCUT2D eigenvalue weighted by atomic mass is 10.1. The number of hydrogen-bond acceptors (Lipinski definition) is 5. The molecule has 5 nitrogen and oxygen atoms in total. The van der Waals surface area contributed by atoms with Crippen molar-refractivity contribution in [3.63, 3.8) is 0 Å². The van der Waals surface area contributed by atoms with Gasteiger partial charge in [-0.3, -0.25) is 0 Å². The first-order valence-corrected chi connectivity index (χ1v) is 8.92. The molecule has 1 heterocycles. The minimum absolute atomic E-state index is 0.261. The number of nitrogens with two attached hydrogens (primary N) is 1. The first-order valence-electron chi connectivity index (χ1n) is 7.02. The lowest BCUT2D eigenvalue weighted by Crippen LogP contribution is -2.33. The van der Waals surface area contributed by atoms with Crippen molar-refractivity contribution >= 4 is 21.2 Å². The van der Waals surface area contributed by atoms with E-state index in [4.69, 9.17) is 5.73 Å². The van der Waals surface area contributed by atoms with Gasteiger partial charge in [0.2, 0.25) is 0 Å². The largest absolute Gasteiger partial charge is 0.397 e. The number of rotatable bonds is 5. The molecule has 1 fully saturated rings. The van der Waals surface area contributed by atoms with Crippen LogP contribution in [0.25, 0.3) is 0 Å². The minimum Gasteiger partial charge on any atom is -0.397 e. The maximum atomic E-state index is 11.4. The van der Waals surface area contributed by atoms with Crippen LogP contribution in [0.3, 0.4) is 0 Å². The van der Waals surface area contributed by atoms with Crippen molar-refractivity contribution in [1.29, 1.82) is 0 Å². The summed E-state index contributed by atoms with van der Waals surface area (Å²) in [5.41, 5.74) is 7.18. The number of hydrogen-bond donors (Lipinski definition) is 2. The van der Waals surface area contributed by atoms with Crippen LogP contribution in [0.15, 0.2) is 23.1 Å². The Morgan fingerprint density at radius 3 is 2.55 bits per heavy atom. The Hall–Kier alpha value is -1.27. The van der Waals surface area contributed by atoms with Crippen LogP contribution in [-0.2, 0) is 9.84 Å². The molecule has 0 aromatic heterocycles. The van der Waals surface area contributed by atoms with Crippen LogP contribution in [-0.4, -0.2) is 45.8 Å². The maximum absolute atomic E-state index is 11.4. The summed E-state index contributed by atoms with van der Waals surface area (Å²) in [7, 11) is -3.20. The second-order valence-corrected chi connectivity index (χ2v) is 7.37. The van der Waals surface area contributed by atoms with Crippen molar-refractivity contribution < 1.29 is 8.42 Å². The standard InChI is InChI=1S/C14H23N3O2S/c1-20(18,19)12-5-6-14(13(15)11-12)16-7-10-17-8-3-2-4-9-17/h5-6,11,16H,2-4,7-10,15H2,1H3. The lowest BCUT2D eigenvalue weighted by molar-refractivity contribution is 0.237. The highest BCUT2D eigenvalue weighted by Gasteiger charge is 2.11. The van der Waals surface area contributed by atoms with Gasteiger partial charge in [-0.2, -0.15) is 0 Å². The monoisotopic (exact) mass is 297 g/mol. The normalized spacial score (nSPS) is 17.1. The number of nitrogens with zero attached hydrogens (tertiary/aromatic N) is 1. The number of nitrogen functional groups attached to an aromatic ring is 1. The molecule has 1 aromatic carbocycles. The van der Waals surface area contributed by atoms with Gasteiger partial charge < -0.3 is 16.0 Å². The van der Waals surface area contributed by atoms with E-state index in [2.05, 4.69) is 10.2 Å². The first-order chi connectivity index (χ1) is 9.47. The molecule has 0 spiro atoms. The molecule has 6 heteroatoms. The Bertz CT molecular complexity index is 552. The van der Waals surface area contributed by atoms with Crippen LogP contribution in [0.2, 0.25) is 0 Å². The van der Waals surface area contributed by atoms with E-state index >= 15 is 0 Å². The second kappa shape index (κ2) is 6.45. The average Bonchev–Trinajstić information content (AvgIpc) is 2.40. The molecule has 0 atom stereocenters. The molecular formula is C14H23N3O2S. The molecule has 20 heavy (non-hydrogen) atoms. The Morgan fingerprint density at radius 1 is 1.25 bits per heavy atom. The molecule has 0 saturated carbocycles. The van der Waals surface area contributed by atoms with Crippen molar-refractivity contribution in [2.75, 3.05) is 43.5 Å². The molecule has 1 saturated heterocycles. The van der Waals surface area contributed by atoms with Crippen LogP contribution in [0, 0.1) is 0 Å². The van der Waals surface area contributed by atoms with E-state index in [1.54, 1.807) is 12.1 Å². The summed E-state index contributed by atoms with van der Waals surface area (Å²) in [5, 5.41) is 3.28. The molecule has 1 aliphatic heterocycles. The summed E-state index contributed by atoms with van der Waals surface area (Å²) in [6.07, 6.45) is 5.09. The molecule has 1 aliphatic rings. The molecule has 0 radical (unpaired) electrons. The number of nitrogens with one attached hydrogen (secondary N) is 1. The van der Waals surface area contributed by atoms with Crippen molar-refractivity contribution in [1.82, 2.24) is 4.90 Å². The van der Waals surface area contributed by atoms with E-state index < -0.39 is 9.84 Å². The summed E-state index contributed by atoms with van der Waals surface area (Å²) < 4.78 is 22.9. The summed E-state index contributed by atoms with van der Waals surface area (Å²) in [6, 6.07) is 4.84. The van der Waals surface area contributed by atoms with Gasteiger partial charge in [0.15, 0.2) is 9.84 Å². The Morgan fingerprint density at radius 2 is 1.95 bits per heavy atom. The van der Waals surface area contributed by atoms with Gasteiger partial charge in [-0.05, 0) is 44.1 Å². The van der Waals surface area contributed by atoms with Crippen molar-refractivity contribution in [3.05, 3.63) is 18.2 Å². The summed E-state index contributed by atoms with van der Waals surface area (Å²) in [5.74, 6) is 0. The van der Waals surface area contributed by atoms with Crippen molar-refractivity contribution in [3.8, 4) is 0 Å². The lowest BCUT2D eigenvalue weighted by Gasteiger charge is -2.26. The Kier molecular flexibility index (Phi) is 4.88. The van der Waals surface area contributed by atoms with E-state index in [0.717, 1.165) is 18.8 Å². The van der Waals surface area contributed by atoms with Gasteiger partial charge in [-0.1, -0.05) is 6.42 Å². The van der Waals surface area contributed by atoms with E-state index in [1.165, 1.54) is 44.7 Å². The molecule has 0 unspecified atom stereocenters.